The highest BCUT2D eigenvalue weighted by atomic mass is 32.1. The molecule has 0 unspecified atom stereocenters. The van der Waals surface area contributed by atoms with Crippen molar-refractivity contribution in [3.8, 4) is 0 Å². The SMILES string of the molecule is CCCCN(CCO)Cc1nnsc1NN. The van der Waals surface area contributed by atoms with Crippen LogP contribution < -0.4 is 11.3 Å². The number of aliphatic hydroxyl groups is 1. The van der Waals surface area contributed by atoms with Gasteiger partial charge in [-0.3, -0.25) is 4.90 Å². The molecule has 92 valence electrons. The van der Waals surface area contributed by atoms with Crippen molar-refractivity contribution in [1.29, 1.82) is 0 Å². The summed E-state index contributed by atoms with van der Waals surface area (Å²) in [7, 11) is 0. The van der Waals surface area contributed by atoms with Crippen LogP contribution in [-0.4, -0.2) is 39.3 Å². The van der Waals surface area contributed by atoms with Gasteiger partial charge < -0.3 is 10.5 Å². The summed E-state index contributed by atoms with van der Waals surface area (Å²) in [6.45, 7) is 4.60. The fraction of sp³-hybridized carbons (Fsp3) is 0.778. The van der Waals surface area contributed by atoms with Gasteiger partial charge in [0.2, 0.25) is 0 Å². The highest BCUT2D eigenvalue weighted by Crippen LogP contribution is 2.17. The summed E-state index contributed by atoms with van der Waals surface area (Å²) in [6.07, 6.45) is 2.25. The molecule has 0 atom stereocenters. The maximum Gasteiger partial charge on any atom is 0.148 e. The zero-order chi connectivity index (χ0) is 11.8. The van der Waals surface area contributed by atoms with Crippen molar-refractivity contribution in [2.45, 2.75) is 26.3 Å². The van der Waals surface area contributed by atoms with Crippen molar-refractivity contribution in [3.05, 3.63) is 5.69 Å². The maximum absolute atomic E-state index is 8.98. The zero-order valence-corrected chi connectivity index (χ0v) is 10.3. The average Bonchev–Trinajstić information content (AvgIpc) is 2.73. The number of nitrogens with two attached hydrogens (primary N) is 1. The van der Waals surface area contributed by atoms with E-state index in [2.05, 4.69) is 26.8 Å². The summed E-state index contributed by atoms with van der Waals surface area (Å²) in [4.78, 5) is 2.15. The second-order valence-electron chi connectivity index (χ2n) is 3.55. The van der Waals surface area contributed by atoms with E-state index in [1.54, 1.807) is 0 Å². The number of hydrazine groups is 1. The first-order chi connectivity index (χ1) is 7.81. The van der Waals surface area contributed by atoms with Gasteiger partial charge in [-0.1, -0.05) is 17.8 Å². The Kier molecular flexibility index (Phi) is 6.24. The third-order valence-corrected chi connectivity index (χ3v) is 3.00. The average molecular weight is 245 g/mol. The topological polar surface area (TPSA) is 87.3 Å². The molecule has 0 saturated carbocycles. The zero-order valence-electron chi connectivity index (χ0n) is 9.52. The molecule has 1 aromatic heterocycles. The molecular weight excluding hydrogens is 226 g/mol. The maximum atomic E-state index is 8.98. The molecule has 7 heteroatoms. The van der Waals surface area contributed by atoms with Crippen LogP contribution in [-0.2, 0) is 6.54 Å². The van der Waals surface area contributed by atoms with Gasteiger partial charge in [0, 0.05) is 24.6 Å². The van der Waals surface area contributed by atoms with Crippen molar-refractivity contribution in [2.75, 3.05) is 25.1 Å². The minimum atomic E-state index is 0.159. The number of nitrogens with one attached hydrogen (secondary N) is 1. The number of rotatable bonds is 8. The van der Waals surface area contributed by atoms with E-state index in [1.165, 1.54) is 11.5 Å². The third kappa shape index (κ3) is 4.01. The van der Waals surface area contributed by atoms with Crippen LogP contribution in [0.5, 0.6) is 0 Å². The summed E-state index contributed by atoms with van der Waals surface area (Å²) in [6, 6.07) is 0. The van der Waals surface area contributed by atoms with Gasteiger partial charge in [-0.15, -0.1) is 5.10 Å². The van der Waals surface area contributed by atoms with Gasteiger partial charge in [-0.05, 0) is 13.0 Å². The lowest BCUT2D eigenvalue weighted by Gasteiger charge is -2.19. The van der Waals surface area contributed by atoms with E-state index in [-0.39, 0.29) is 6.61 Å². The first-order valence-corrected chi connectivity index (χ1v) is 6.20. The van der Waals surface area contributed by atoms with Gasteiger partial charge in [0.25, 0.3) is 0 Å². The molecule has 0 bridgehead atoms. The van der Waals surface area contributed by atoms with Gasteiger partial charge in [0.1, 0.15) is 10.7 Å². The smallest absolute Gasteiger partial charge is 0.148 e. The van der Waals surface area contributed by atoms with E-state index in [0.717, 1.165) is 30.1 Å². The number of anilines is 1. The minimum Gasteiger partial charge on any atom is -0.395 e. The summed E-state index contributed by atoms with van der Waals surface area (Å²) < 4.78 is 3.85. The number of hydrogen-bond donors (Lipinski definition) is 3. The Morgan fingerprint density at radius 3 is 2.94 bits per heavy atom. The summed E-state index contributed by atoms with van der Waals surface area (Å²) >= 11 is 1.25. The van der Waals surface area contributed by atoms with Crippen LogP contribution >= 0.6 is 11.5 Å². The van der Waals surface area contributed by atoms with E-state index in [1.807, 2.05) is 0 Å². The van der Waals surface area contributed by atoms with E-state index >= 15 is 0 Å². The molecule has 6 nitrogen and oxygen atoms in total. The van der Waals surface area contributed by atoms with E-state index in [0.29, 0.717) is 13.1 Å². The Hall–Kier alpha value is -0.760. The Morgan fingerprint density at radius 1 is 1.50 bits per heavy atom. The van der Waals surface area contributed by atoms with E-state index < -0.39 is 0 Å². The molecule has 4 N–H and O–H groups in total. The number of aliphatic hydroxyl groups excluding tert-OH is 1. The molecule has 0 aliphatic carbocycles. The first kappa shape index (κ1) is 13.3. The largest absolute Gasteiger partial charge is 0.395 e. The molecule has 0 aliphatic heterocycles. The van der Waals surface area contributed by atoms with Gasteiger partial charge in [0.05, 0.1) is 6.61 Å². The highest BCUT2D eigenvalue weighted by Gasteiger charge is 2.11. The van der Waals surface area contributed by atoms with Crippen LogP contribution in [0.2, 0.25) is 0 Å². The molecule has 16 heavy (non-hydrogen) atoms. The summed E-state index contributed by atoms with van der Waals surface area (Å²) in [5.74, 6) is 5.36. The number of nitrogen functional groups attached to an aromatic ring is 1. The second kappa shape index (κ2) is 7.50. The van der Waals surface area contributed by atoms with Crippen molar-refractivity contribution in [2.24, 2.45) is 5.84 Å². The molecule has 1 rings (SSSR count). The van der Waals surface area contributed by atoms with Gasteiger partial charge in [-0.25, -0.2) is 5.84 Å². The second-order valence-corrected chi connectivity index (χ2v) is 4.30. The fourth-order valence-corrected chi connectivity index (χ4v) is 1.91. The number of unbranched alkanes of at least 4 members (excludes halogenated alkanes) is 1. The lowest BCUT2D eigenvalue weighted by molar-refractivity contribution is 0.187. The molecule has 1 heterocycles. The van der Waals surface area contributed by atoms with Crippen LogP contribution in [0.3, 0.4) is 0 Å². The Labute approximate surface area is 99.6 Å². The number of aromatic nitrogens is 2. The number of hydrogen-bond acceptors (Lipinski definition) is 7. The number of nitrogens with zero attached hydrogens (tertiary/aromatic N) is 3. The molecule has 0 spiro atoms. The van der Waals surface area contributed by atoms with Crippen LogP contribution in [0.25, 0.3) is 0 Å². The first-order valence-electron chi connectivity index (χ1n) is 5.42. The predicted molar refractivity (Wildman–Crippen MR) is 65.0 cm³/mol. The minimum absolute atomic E-state index is 0.159. The van der Waals surface area contributed by atoms with Crippen LogP contribution in [0.1, 0.15) is 25.5 Å². The Balaban J connectivity index is 2.52. The van der Waals surface area contributed by atoms with Crippen molar-refractivity contribution < 1.29 is 5.11 Å². The summed E-state index contributed by atoms with van der Waals surface area (Å²) in [5.41, 5.74) is 3.43. The van der Waals surface area contributed by atoms with Gasteiger partial charge in [-0.2, -0.15) is 0 Å². The van der Waals surface area contributed by atoms with Gasteiger partial charge >= 0.3 is 0 Å². The molecule has 0 fully saturated rings. The third-order valence-electron chi connectivity index (χ3n) is 2.30. The molecule has 0 radical (unpaired) electrons. The predicted octanol–water partition coefficient (Wildman–Crippen LogP) is 0.418. The van der Waals surface area contributed by atoms with Crippen LogP contribution in [0.15, 0.2) is 0 Å². The lowest BCUT2D eigenvalue weighted by Crippen LogP contribution is -2.28. The lowest BCUT2D eigenvalue weighted by atomic mass is 10.3. The van der Waals surface area contributed by atoms with Crippen molar-refractivity contribution in [1.82, 2.24) is 14.5 Å². The molecule has 0 amide bonds. The molecule has 0 aliphatic rings. The van der Waals surface area contributed by atoms with Gasteiger partial charge in [0.15, 0.2) is 0 Å². The molecule has 0 saturated heterocycles. The Bertz CT molecular complexity index is 293. The van der Waals surface area contributed by atoms with Crippen LogP contribution in [0, 0.1) is 0 Å². The standard InChI is InChI=1S/C9H19N5OS/c1-2-3-4-14(5-6-15)7-8-9(11-10)16-13-12-8/h11,15H,2-7,10H2,1H3. The highest BCUT2D eigenvalue weighted by molar-refractivity contribution is 7.10. The van der Waals surface area contributed by atoms with Crippen LogP contribution in [0.4, 0.5) is 5.00 Å². The van der Waals surface area contributed by atoms with Crippen molar-refractivity contribution >= 4 is 16.5 Å². The monoisotopic (exact) mass is 245 g/mol. The molecule has 1 aromatic rings. The molecule has 0 aromatic carbocycles. The summed E-state index contributed by atoms with van der Waals surface area (Å²) in [5, 5.41) is 13.8. The van der Waals surface area contributed by atoms with Crippen molar-refractivity contribution in [3.63, 3.8) is 0 Å². The normalized spacial score (nSPS) is 11.0. The van der Waals surface area contributed by atoms with E-state index in [4.69, 9.17) is 10.9 Å². The Morgan fingerprint density at radius 2 is 2.31 bits per heavy atom. The molecular formula is C9H19N5OS. The van der Waals surface area contributed by atoms with E-state index in [9.17, 15) is 0 Å². The fourth-order valence-electron chi connectivity index (χ4n) is 1.43. The quantitative estimate of drug-likeness (QED) is 0.454.